The normalized spacial score (nSPS) is 25.6. The molecule has 2 heterocycles. The van der Waals surface area contributed by atoms with E-state index in [1.54, 1.807) is 6.07 Å². The molecule has 106 valence electrons. The van der Waals surface area contributed by atoms with Crippen molar-refractivity contribution in [3.8, 4) is 6.07 Å². The van der Waals surface area contributed by atoms with E-state index in [0.29, 0.717) is 12.1 Å². The first-order valence-electron chi connectivity index (χ1n) is 7.04. The van der Waals surface area contributed by atoms with Gasteiger partial charge in [-0.25, -0.2) is 8.78 Å². The van der Waals surface area contributed by atoms with Crippen LogP contribution in [0.15, 0.2) is 12.1 Å². The van der Waals surface area contributed by atoms with Crippen molar-refractivity contribution < 1.29 is 8.78 Å². The van der Waals surface area contributed by atoms with Crippen LogP contribution < -0.4 is 5.32 Å². The number of nitriles is 1. The van der Waals surface area contributed by atoms with Gasteiger partial charge < -0.3 is 5.32 Å². The fraction of sp³-hybridized carbons (Fsp3) is 0.533. The van der Waals surface area contributed by atoms with Crippen LogP contribution in [0.25, 0.3) is 0 Å². The molecule has 0 bridgehead atoms. The second kappa shape index (κ2) is 5.47. The topological polar surface area (TPSA) is 39.1 Å². The summed E-state index contributed by atoms with van der Waals surface area (Å²) >= 11 is 0. The van der Waals surface area contributed by atoms with Crippen LogP contribution >= 0.6 is 0 Å². The molecule has 3 rings (SSSR count). The Labute approximate surface area is 117 Å². The maximum Gasteiger partial charge on any atom is 0.131 e. The number of rotatable bonds is 3. The van der Waals surface area contributed by atoms with Crippen molar-refractivity contribution in [1.82, 2.24) is 10.2 Å². The Morgan fingerprint density at radius 1 is 1.25 bits per heavy atom. The quantitative estimate of drug-likeness (QED) is 0.920. The molecule has 0 radical (unpaired) electrons. The number of nitrogens with zero attached hydrogens (tertiary/aromatic N) is 2. The van der Waals surface area contributed by atoms with E-state index >= 15 is 0 Å². The minimum atomic E-state index is -0.643. The molecule has 1 aromatic carbocycles. The second-order valence-corrected chi connectivity index (χ2v) is 5.55. The molecule has 0 spiro atoms. The van der Waals surface area contributed by atoms with E-state index in [4.69, 9.17) is 5.26 Å². The zero-order valence-corrected chi connectivity index (χ0v) is 11.2. The fourth-order valence-electron chi connectivity index (χ4n) is 3.39. The van der Waals surface area contributed by atoms with E-state index in [9.17, 15) is 8.78 Å². The van der Waals surface area contributed by atoms with Crippen molar-refractivity contribution >= 4 is 0 Å². The maximum atomic E-state index is 13.8. The lowest BCUT2D eigenvalue weighted by Gasteiger charge is -2.21. The highest BCUT2D eigenvalue weighted by molar-refractivity contribution is 5.34. The van der Waals surface area contributed by atoms with Crippen molar-refractivity contribution in [1.29, 1.82) is 5.26 Å². The monoisotopic (exact) mass is 277 g/mol. The minimum absolute atomic E-state index is 0.0200. The molecule has 2 fully saturated rings. The van der Waals surface area contributed by atoms with Gasteiger partial charge in [0, 0.05) is 30.7 Å². The molecule has 1 N–H and O–H groups in total. The van der Waals surface area contributed by atoms with Gasteiger partial charge in [0.2, 0.25) is 0 Å². The van der Waals surface area contributed by atoms with Crippen LogP contribution in [0.3, 0.4) is 0 Å². The molecule has 0 aliphatic carbocycles. The first kappa shape index (κ1) is 13.5. The third-order valence-electron chi connectivity index (χ3n) is 4.42. The summed E-state index contributed by atoms with van der Waals surface area (Å²) in [4.78, 5) is 2.45. The number of halogens is 2. The van der Waals surface area contributed by atoms with Gasteiger partial charge in [-0.1, -0.05) is 0 Å². The zero-order chi connectivity index (χ0) is 14.1. The Morgan fingerprint density at radius 3 is 2.70 bits per heavy atom. The first-order valence-corrected chi connectivity index (χ1v) is 7.04. The largest absolute Gasteiger partial charge is 0.308 e. The van der Waals surface area contributed by atoms with Gasteiger partial charge in [-0.15, -0.1) is 0 Å². The van der Waals surface area contributed by atoms with Crippen molar-refractivity contribution in [2.24, 2.45) is 0 Å². The Hall–Kier alpha value is -1.51. The number of nitrogens with one attached hydrogen (secondary N) is 1. The Morgan fingerprint density at radius 2 is 2.00 bits per heavy atom. The highest BCUT2D eigenvalue weighted by Crippen LogP contribution is 2.28. The molecule has 2 aliphatic heterocycles. The molecule has 0 amide bonds. The van der Waals surface area contributed by atoms with Crippen molar-refractivity contribution in [3.05, 3.63) is 34.9 Å². The molecule has 2 saturated heterocycles. The summed E-state index contributed by atoms with van der Waals surface area (Å²) in [5.41, 5.74) is 0.0482. The molecular formula is C15H17F2N3. The van der Waals surface area contributed by atoms with Gasteiger partial charge >= 0.3 is 0 Å². The minimum Gasteiger partial charge on any atom is -0.308 e. The smallest absolute Gasteiger partial charge is 0.131 e. The van der Waals surface area contributed by atoms with Gasteiger partial charge in [0.05, 0.1) is 11.6 Å². The van der Waals surface area contributed by atoms with E-state index in [1.165, 1.54) is 6.42 Å². The lowest BCUT2D eigenvalue weighted by molar-refractivity contribution is 0.297. The molecule has 2 atom stereocenters. The van der Waals surface area contributed by atoms with Crippen molar-refractivity contribution in [2.45, 2.75) is 37.9 Å². The van der Waals surface area contributed by atoms with Crippen LogP contribution in [0.1, 0.15) is 30.4 Å². The lowest BCUT2D eigenvalue weighted by atomic mass is 10.1. The van der Waals surface area contributed by atoms with E-state index in [-0.39, 0.29) is 17.7 Å². The summed E-state index contributed by atoms with van der Waals surface area (Å²) in [6, 6.07) is 4.77. The van der Waals surface area contributed by atoms with Gasteiger partial charge in [0.15, 0.2) is 0 Å². The lowest BCUT2D eigenvalue weighted by Crippen LogP contribution is -2.39. The molecular weight excluding hydrogens is 260 g/mol. The van der Waals surface area contributed by atoms with Crippen molar-refractivity contribution in [2.75, 3.05) is 13.1 Å². The molecule has 2 unspecified atom stereocenters. The maximum absolute atomic E-state index is 13.8. The summed E-state index contributed by atoms with van der Waals surface area (Å²) in [6.45, 7) is 2.39. The first-order chi connectivity index (χ1) is 9.69. The van der Waals surface area contributed by atoms with Crippen LogP contribution in [0.5, 0.6) is 0 Å². The average molecular weight is 277 g/mol. The standard InChI is InChI=1S/C15H17F2N3/c16-12-6-10(8-18)7-13(17)11(12)9-19-14-3-5-20-4-1-2-15(14)20/h6-7,14-15,19H,1-5,9H2. The Balaban J connectivity index is 1.68. The van der Waals surface area contributed by atoms with Gasteiger partial charge in [-0.3, -0.25) is 4.90 Å². The predicted octanol–water partition coefficient (Wildman–Crippen LogP) is 2.16. The van der Waals surface area contributed by atoms with Crippen LogP contribution in [0, 0.1) is 23.0 Å². The van der Waals surface area contributed by atoms with Crippen LogP contribution in [0.4, 0.5) is 8.78 Å². The van der Waals surface area contributed by atoms with Gasteiger partial charge in [0.1, 0.15) is 11.6 Å². The average Bonchev–Trinajstić information content (AvgIpc) is 3.01. The predicted molar refractivity (Wildman–Crippen MR) is 70.9 cm³/mol. The van der Waals surface area contributed by atoms with Crippen LogP contribution in [0.2, 0.25) is 0 Å². The molecule has 2 aliphatic rings. The Kier molecular flexibility index (Phi) is 3.68. The number of hydrogen-bond acceptors (Lipinski definition) is 3. The van der Waals surface area contributed by atoms with Gasteiger partial charge in [-0.05, 0) is 37.9 Å². The molecule has 1 aromatic rings. The molecule has 0 aromatic heterocycles. The van der Waals surface area contributed by atoms with E-state index in [0.717, 1.165) is 38.1 Å². The number of fused-ring (bicyclic) bond motifs is 1. The summed E-state index contributed by atoms with van der Waals surface area (Å²) in [5.74, 6) is -1.29. The second-order valence-electron chi connectivity index (χ2n) is 5.55. The summed E-state index contributed by atoms with van der Waals surface area (Å²) in [5, 5.41) is 12.0. The molecule has 0 saturated carbocycles. The zero-order valence-electron chi connectivity index (χ0n) is 11.2. The van der Waals surface area contributed by atoms with Crippen molar-refractivity contribution in [3.63, 3.8) is 0 Å². The van der Waals surface area contributed by atoms with Crippen LogP contribution in [-0.4, -0.2) is 30.1 Å². The summed E-state index contributed by atoms with van der Waals surface area (Å²) < 4.78 is 27.6. The number of benzene rings is 1. The number of hydrogen-bond donors (Lipinski definition) is 1. The third-order valence-corrected chi connectivity index (χ3v) is 4.42. The van der Waals surface area contributed by atoms with E-state index < -0.39 is 11.6 Å². The Bertz CT molecular complexity index is 530. The molecule has 3 nitrogen and oxygen atoms in total. The summed E-state index contributed by atoms with van der Waals surface area (Å²) in [6.07, 6.45) is 3.41. The molecule has 20 heavy (non-hydrogen) atoms. The molecule has 5 heteroatoms. The fourth-order valence-corrected chi connectivity index (χ4v) is 3.39. The SMILES string of the molecule is N#Cc1cc(F)c(CNC2CCN3CCCC23)c(F)c1. The van der Waals surface area contributed by atoms with Crippen LogP contribution in [-0.2, 0) is 6.54 Å². The highest BCUT2D eigenvalue weighted by Gasteiger charge is 2.36. The van der Waals surface area contributed by atoms with E-state index in [1.807, 2.05) is 0 Å². The van der Waals surface area contributed by atoms with Gasteiger partial charge in [0.25, 0.3) is 0 Å². The summed E-state index contributed by atoms with van der Waals surface area (Å²) in [7, 11) is 0. The van der Waals surface area contributed by atoms with E-state index in [2.05, 4.69) is 10.2 Å². The van der Waals surface area contributed by atoms with Gasteiger partial charge in [-0.2, -0.15) is 5.26 Å². The third kappa shape index (κ3) is 2.41. The highest BCUT2D eigenvalue weighted by atomic mass is 19.1.